The number of aromatic nitrogens is 2. The number of rotatable bonds is 8. The molecule has 3 aromatic heterocycles. The highest BCUT2D eigenvalue weighted by Crippen LogP contribution is 2.44. The van der Waals surface area contributed by atoms with Gasteiger partial charge in [0, 0.05) is 30.2 Å². The zero-order valence-corrected chi connectivity index (χ0v) is 30.5. The maximum Gasteiger partial charge on any atom is 0.256 e. The lowest BCUT2D eigenvalue weighted by Gasteiger charge is -2.17. The predicted octanol–water partition coefficient (Wildman–Crippen LogP) is 8.16. The Labute approximate surface area is 309 Å². The van der Waals surface area contributed by atoms with E-state index < -0.39 is 5.82 Å². The molecule has 0 radical (unpaired) electrons. The third-order valence-electron chi connectivity index (χ3n) is 9.41. The van der Waals surface area contributed by atoms with Gasteiger partial charge in [-0.2, -0.15) is 5.26 Å². The Bertz CT molecular complexity index is 2270. The average Bonchev–Trinajstić information content (AvgIpc) is 3.95. The van der Waals surface area contributed by atoms with E-state index in [1.165, 1.54) is 12.1 Å². The molecule has 5 aromatic rings. The molecule has 9 nitrogen and oxygen atoms in total. The van der Waals surface area contributed by atoms with Crippen molar-refractivity contribution in [3.63, 3.8) is 0 Å². The molecule has 8 rings (SSSR count). The van der Waals surface area contributed by atoms with Gasteiger partial charge in [0.2, 0.25) is 5.90 Å². The summed E-state index contributed by atoms with van der Waals surface area (Å²) in [7, 11) is 1.85. The first-order valence-corrected chi connectivity index (χ1v) is 18.5. The van der Waals surface area contributed by atoms with Gasteiger partial charge < -0.3 is 15.0 Å². The van der Waals surface area contributed by atoms with Gasteiger partial charge in [-0.1, -0.05) is 30.7 Å². The zero-order chi connectivity index (χ0) is 36.5. The number of halogens is 3. The summed E-state index contributed by atoms with van der Waals surface area (Å²) in [5.41, 5.74) is 9.34. The number of nitriles is 1. The van der Waals surface area contributed by atoms with Crippen molar-refractivity contribution in [3.8, 4) is 16.5 Å². The van der Waals surface area contributed by atoms with Crippen molar-refractivity contribution in [2.45, 2.75) is 65.1 Å². The van der Waals surface area contributed by atoms with Gasteiger partial charge in [-0.05, 0) is 97.9 Å². The third kappa shape index (κ3) is 6.66. The van der Waals surface area contributed by atoms with Crippen LogP contribution in [0.25, 0.3) is 20.5 Å². The molecular formula is C39H36ClF2N7O2S. The van der Waals surface area contributed by atoms with Crippen LogP contribution in [0.3, 0.4) is 0 Å². The van der Waals surface area contributed by atoms with Crippen LogP contribution in [0, 0.1) is 23.0 Å². The molecular weight excluding hydrogens is 704 g/mol. The van der Waals surface area contributed by atoms with E-state index in [1.807, 2.05) is 24.9 Å². The second-order valence-electron chi connectivity index (χ2n) is 12.9. The molecule has 0 saturated heterocycles. The van der Waals surface area contributed by atoms with E-state index in [0.29, 0.717) is 43.0 Å². The van der Waals surface area contributed by atoms with Gasteiger partial charge in [-0.15, -0.1) is 16.4 Å². The molecule has 0 bridgehead atoms. The Morgan fingerprint density at radius 1 is 1.13 bits per heavy atom. The van der Waals surface area contributed by atoms with Crippen LogP contribution < -0.4 is 10.7 Å². The molecule has 2 aromatic carbocycles. The van der Waals surface area contributed by atoms with Crippen LogP contribution in [0.5, 0.6) is 0 Å². The van der Waals surface area contributed by atoms with Crippen molar-refractivity contribution in [1.29, 1.82) is 5.26 Å². The van der Waals surface area contributed by atoms with Crippen molar-refractivity contribution in [2.24, 2.45) is 5.10 Å². The van der Waals surface area contributed by atoms with E-state index in [-0.39, 0.29) is 28.5 Å². The summed E-state index contributed by atoms with van der Waals surface area (Å²) < 4.78 is 34.2. The number of ether oxygens (including phenoxy) is 1. The standard InChI is InChI=1S/C29H29FN6O2S.C10H7ClFN/c1-4-13-36-15-21-24(29(36)37)25(22-14-18-11-12-32-27(31-3)26(18)39-22)23(28-35-34-16(2)38-28)20(33-21)10-7-17-5-8-19(30)9-6-17;11-9-4-6-2-1-3-7(6)10(12)8(9)5-13/h5-6,8-9,11-12,14,16,34H,4,7,10,13,15H2,1-3H3,(H,31,32);4H,1-3H2. The summed E-state index contributed by atoms with van der Waals surface area (Å²) in [4.78, 5) is 26.1. The smallest absolute Gasteiger partial charge is 0.256 e. The molecule has 2 N–H and O–H groups in total. The van der Waals surface area contributed by atoms with Crippen LogP contribution in [0.4, 0.5) is 14.6 Å². The van der Waals surface area contributed by atoms with E-state index >= 15 is 0 Å². The van der Waals surface area contributed by atoms with Gasteiger partial charge in [0.25, 0.3) is 5.91 Å². The summed E-state index contributed by atoms with van der Waals surface area (Å²) in [5.74, 6) is 0.511. The quantitative estimate of drug-likeness (QED) is 0.165. The van der Waals surface area contributed by atoms with Crippen molar-refractivity contribution in [1.82, 2.24) is 20.3 Å². The van der Waals surface area contributed by atoms with Gasteiger partial charge in [-0.25, -0.2) is 13.8 Å². The maximum atomic E-state index is 13.8. The fourth-order valence-electron chi connectivity index (χ4n) is 6.98. The molecule has 5 heterocycles. The SMILES string of the molecule is CCCN1Cc2nc(CCc3ccc(F)cc3)c(C3=NNC(C)O3)c(-c3cc4ccnc(NC)c4s3)c2C1=O.N#Cc1c(Cl)cc2c(c1F)CCC2. The monoisotopic (exact) mass is 739 g/mol. The van der Waals surface area contributed by atoms with E-state index in [4.69, 9.17) is 26.6 Å². The lowest BCUT2D eigenvalue weighted by atomic mass is 9.94. The lowest BCUT2D eigenvalue weighted by Crippen LogP contribution is -2.25. The third-order valence-corrected chi connectivity index (χ3v) is 10.9. The molecule has 52 heavy (non-hydrogen) atoms. The molecule has 1 aliphatic carbocycles. The second-order valence-corrected chi connectivity index (χ2v) is 14.3. The van der Waals surface area contributed by atoms with Crippen molar-refractivity contribution in [2.75, 3.05) is 18.9 Å². The van der Waals surface area contributed by atoms with Gasteiger partial charge >= 0.3 is 0 Å². The predicted molar refractivity (Wildman–Crippen MR) is 200 cm³/mol. The number of hydrogen-bond donors (Lipinski definition) is 2. The van der Waals surface area contributed by atoms with Crippen molar-refractivity contribution < 1.29 is 18.3 Å². The molecule has 0 spiro atoms. The number of hydrazone groups is 1. The largest absolute Gasteiger partial charge is 0.451 e. The molecule has 266 valence electrons. The number of hydrogen-bond acceptors (Lipinski definition) is 9. The van der Waals surface area contributed by atoms with Crippen LogP contribution in [0.1, 0.15) is 76.3 Å². The molecule has 3 aliphatic rings. The number of benzene rings is 2. The van der Waals surface area contributed by atoms with Crippen molar-refractivity contribution >= 4 is 50.6 Å². The number of fused-ring (bicyclic) bond motifs is 3. The fourth-order valence-corrected chi connectivity index (χ4v) is 8.44. The summed E-state index contributed by atoms with van der Waals surface area (Å²) in [6.45, 7) is 5.07. The van der Waals surface area contributed by atoms with Crippen LogP contribution in [-0.2, 0) is 37.0 Å². The molecule has 0 saturated carbocycles. The van der Waals surface area contributed by atoms with Crippen LogP contribution >= 0.6 is 22.9 Å². The second kappa shape index (κ2) is 14.9. The Morgan fingerprint density at radius 2 is 1.94 bits per heavy atom. The van der Waals surface area contributed by atoms with E-state index in [1.54, 1.807) is 41.8 Å². The van der Waals surface area contributed by atoms with Crippen molar-refractivity contribution in [3.05, 3.63) is 110 Å². The highest BCUT2D eigenvalue weighted by molar-refractivity contribution is 7.22. The fraction of sp³-hybridized carbons (Fsp3) is 0.308. The van der Waals surface area contributed by atoms with Gasteiger partial charge in [0.15, 0.2) is 6.23 Å². The first kappa shape index (κ1) is 35.3. The van der Waals surface area contributed by atoms with E-state index in [0.717, 1.165) is 80.1 Å². The lowest BCUT2D eigenvalue weighted by molar-refractivity contribution is 0.0778. The average molecular weight is 740 g/mol. The van der Waals surface area contributed by atoms with E-state index in [9.17, 15) is 13.6 Å². The van der Waals surface area contributed by atoms with Gasteiger partial charge in [-0.3, -0.25) is 15.2 Å². The van der Waals surface area contributed by atoms with Crippen LogP contribution in [0.2, 0.25) is 5.02 Å². The van der Waals surface area contributed by atoms with Gasteiger partial charge in [0.1, 0.15) is 29.1 Å². The molecule has 1 unspecified atom stereocenters. The number of nitrogens with zero attached hydrogens (tertiary/aromatic N) is 5. The van der Waals surface area contributed by atoms with Crippen LogP contribution in [0.15, 0.2) is 53.8 Å². The number of nitrogens with one attached hydrogen (secondary N) is 2. The topological polar surface area (TPSA) is 116 Å². The maximum absolute atomic E-state index is 13.8. The van der Waals surface area contributed by atoms with E-state index in [2.05, 4.69) is 33.8 Å². The highest BCUT2D eigenvalue weighted by atomic mass is 35.5. The number of amides is 1. The summed E-state index contributed by atoms with van der Waals surface area (Å²) in [5, 5.41) is 17.6. The zero-order valence-electron chi connectivity index (χ0n) is 28.9. The first-order chi connectivity index (χ1) is 25.2. The Balaban J connectivity index is 0.000000271. The normalized spacial score (nSPS) is 15.7. The molecule has 0 fully saturated rings. The minimum atomic E-state index is -0.414. The minimum Gasteiger partial charge on any atom is -0.451 e. The van der Waals surface area contributed by atoms with Crippen LogP contribution in [-0.4, -0.2) is 46.5 Å². The summed E-state index contributed by atoms with van der Waals surface area (Å²) >= 11 is 7.34. The molecule has 2 aliphatic heterocycles. The number of carbonyl (C=O) groups excluding carboxylic acids is 1. The number of anilines is 1. The molecule has 1 amide bonds. The Kier molecular flexibility index (Phi) is 10.1. The number of thiophene rings is 1. The highest BCUT2D eigenvalue weighted by Gasteiger charge is 2.37. The molecule has 13 heteroatoms. The minimum absolute atomic E-state index is 0.0117. The number of carbonyl (C=O) groups is 1. The Morgan fingerprint density at radius 3 is 2.65 bits per heavy atom. The van der Waals surface area contributed by atoms with Gasteiger partial charge in [0.05, 0.1) is 38.8 Å². The number of aryl methyl sites for hydroxylation is 3. The first-order valence-electron chi connectivity index (χ1n) is 17.3. The Hall–Kier alpha value is -5.12. The number of pyridine rings is 2. The summed E-state index contributed by atoms with van der Waals surface area (Å²) in [6, 6.07) is 14.1. The molecule has 1 atom stereocenters. The summed E-state index contributed by atoms with van der Waals surface area (Å²) in [6.07, 6.45) is 6.12.